The number of aliphatic hydroxyl groups is 1. The normalized spacial score (nSPS) is 10.4. The molecule has 0 unspecified atom stereocenters. The van der Waals surface area contributed by atoms with Crippen molar-refractivity contribution >= 4 is 5.91 Å². The fraction of sp³-hybridized carbons (Fsp3) is 0.462. The smallest absolute Gasteiger partial charge is 0.257 e. The van der Waals surface area contributed by atoms with Crippen molar-refractivity contribution in [3.05, 3.63) is 29.3 Å². The van der Waals surface area contributed by atoms with Crippen LogP contribution in [-0.4, -0.2) is 54.4 Å². The van der Waals surface area contributed by atoms with Crippen LogP contribution in [0.5, 0.6) is 5.75 Å². The van der Waals surface area contributed by atoms with E-state index in [0.717, 1.165) is 5.56 Å². The van der Waals surface area contributed by atoms with Crippen LogP contribution in [0.4, 0.5) is 0 Å². The Bertz CT molecular complexity index is 406. The van der Waals surface area contributed by atoms with Gasteiger partial charge in [0.25, 0.3) is 5.91 Å². The number of ether oxygens (including phenoxy) is 1. The van der Waals surface area contributed by atoms with Gasteiger partial charge in [0.15, 0.2) is 0 Å². The van der Waals surface area contributed by atoms with Gasteiger partial charge in [-0.3, -0.25) is 4.79 Å². The van der Waals surface area contributed by atoms with Crippen molar-refractivity contribution in [3.8, 4) is 5.75 Å². The number of nitrogens with zero attached hydrogens (tertiary/aromatic N) is 1. The number of aliphatic hydroxyl groups excluding tert-OH is 1. The molecule has 0 aliphatic heterocycles. The average molecular weight is 253 g/mol. The molecule has 1 amide bonds. The minimum atomic E-state index is -0.303. The highest BCUT2D eigenvalue weighted by Crippen LogP contribution is 2.20. The molecule has 0 saturated heterocycles. The van der Waals surface area contributed by atoms with Gasteiger partial charge in [0.1, 0.15) is 5.75 Å². The molecule has 0 aliphatic rings. The summed E-state index contributed by atoms with van der Waals surface area (Å²) in [4.78, 5) is 13.7. The molecule has 0 fully saturated rings. The lowest BCUT2D eigenvalue weighted by Crippen LogP contribution is -2.36. The molecular weight excluding hydrogens is 234 g/mol. The number of carbonyl (C=O) groups excluding carboxylic acids is 1. The van der Waals surface area contributed by atoms with Crippen molar-refractivity contribution in [2.24, 2.45) is 0 Å². The van der Waals surface area contributed by atoms with Gasteiger partial charge in [0.2, 0.25) is 0 Å². The zero-order valence-electron chi connectivity index (χ0n) is 10.7. The Labute approximate surface area is 107 Å². The predicted octanol–water partition coefficient (Wildman–Crippen LogP) is 0.782. The minimum absolute atomic E-state index is 0.0500. The maximum atomic E-state index is 12.2. The summed E-state index contributed by atoms with van der Waals surface area (Å²) >= 11 is 0. The number of benzene rings is 1. The Kier molecular flexibility index (Phi) is 5.61. The van der Waals surface area contributed by atoms with Crippen molar-refractivity contribution in [1.29, 1.82) is 0 Å². The molecule has 5 heteroatoms. The molecule has 5 nitrogen and oxygen atoms in total. The van der Waals surface area contributed by atoms with Crippen molar-refractivity contribution in [2.45, 2.75) is 6.92 Å². The third-order valence-corrected chi connectivity index (χ3v) is 2.60. The number of hydrogen-bond acceptors (Lipinski definition) is 4. The van der Waals surface area contributed by atoms with Crippen LogP contribution in [0.25, 0.3) is 0 Å². The van der Waals surface area contributed by atoms with Gasteiger partial charge in [-0.2, -0.15) is 0 Å². The van der Waals surface area contributed by atoms with Crippen LogP contribution in [0, 0.1) is 6.92 Å². The van der Waals surface area contributed by atoms with Crippen LogP contribution >= 0.6 is 0 Å². The van der Waals surface area contributed by atoms with Crippen LogP contribution in [-0.2, 0) is 4.74 Å². The number of aromatic hydroxyl groups is 1. The fourth-order valence-electron chi connectivity index (χ4n) is 1.63. The predicted molar refractivity (Wildman–Crippen MR) is 67.7 cm³/mol. The number of phenols is 1. The Morgan fingerprint density at radius 3 is 2.72 bits per heavy atom. The topological polar surface area (TPSA) is 70.0 Å². The molecule has 0 aromatic heterocycles. The van der Waals surface area contributed by atoms with Crippen LogP contribution in [0.15, 0.2) is 18.2 Å². The quantitative estimate of drug-likeness (QED) is 0.786. The maximum absolute atomic E-state index is 12.2. The fourth-order valence-corrected chi connectivity index (χ4v) is 1.63. The summed E-state index contributed by atoms with van der Waals surface area (Å²) in [6, 6.07) is 4.86. The third kappa shape index (κ3) is 3.72. The van der Waals surface area contributed by atoms with Crippen molar-refractivity contribution in [3.63, 3.8) is 0 Å². The van der Waals surface area contributed by atoms with Crippen LogP contribution in [0.2, 0.25) is 0 Å². The highest BCUT2D eigenvalue weighted by Gasteiger charge is 2.18. The van der Waals surface area contributed by atoms with Crippen molar-refractivity contribution in [2.75, 3.05) is 33.4 Å². The molecule has 1 aromatic rings. The molecule has 1 rings (SSSR count). The lowest BCUT2D eigenvalue weighted by Gasteiger charge is -2.22. The van der Waals surface area contributed by atoms with E-state index in [9.17, 15) is 9.90 Å². The zero-order chi connectivity index (χ0) is 13.5. The first-order valence-corrected chi connectivity index (χ1v) is 5.78. The summed E-state index contributed by atoms with van der Waals surface area (Å²) in [7, 11) is 1.55. The molecular formula is C13H19NO4. The second-order valence-electron chi connectivity index (χ2n) is 4.03. The van der Waals surface area contributed by atoms with Crippen molar-refractivity contribution < 1.29 is 19.7 Å². The van der Waals surface area contributed by atoms with E-state index in [-0.39, 0.29) is 30.4 Å². The van der Waals surface area contributed by atoms with Crippen LogP contribution < -0.4 is 0 Å². The molecule has 0 spiro atoms. The monoisotopic (exact) mass is 253 g/mol. The summed E-state index contributed by atoms with van der Waals surface area (Å²) in [6.45, 7) is 2.71. The summed E-state index contributed by atoms with van der Waals surface area (Å²) in [5.41, 5.74) is 1.14. The minimum Gasteiger partial charge on any atom is -0.507 e. The van der Waals surface area contributed by atoms with E-state index in [2.05, 4.69) is 0 Å². The lowest BCUT2D eigenvalue weighted by molar-refractivity contribution is 0.0653. The second kappa shape index (κ2) is 6.98. The first-order valence-electron chi connectivity index (χ1n) is 5.78. The number of rotatable bonds is 6. The van der Waals surface area contributed by atoms with Crippen molar-refractivity contribution in [1.82, 2.24) is 4.90 Å². The molecule has 0 aliphatic carbocycles. The number of hydrogen-bond donors (Lipinski definition) is 2. The summed E-state index contributed by atoms with van der Waals surface area (Å²) in [6.07, 6.45) is 0. The molecule has 100 valence electrons. The van der Waals surface area contributed by atoms with Crippen LogP contribution in [0.3, 0.4) is 0 Å². The number of carbonyl (C=O) groups is 1. The summed E-state index contributed by atoms with van der Waals surface area (Å²) in [5.74, 6) is -0.353. The maximum Gasteiger partial charge on any atom is 0.257 e. The molecule has 0 radical (unpaired) electrons. The molecule has 18 heavy (non-hydrogen) atoms. The third-order valence-electron chi connectivity index (χ3n) is 2.60. The molecule has 0 saturated carbocycles. The van der Waals surface area contributed by atoms with E-state index in [4.69, 9.17) is 9.84 Å². The zero-order valence-corrected chi connectivity index (χ0v) is 10.7. The number of methoxy groups -OCH3 is 1. The van der Waals surface area contributed by atoms with E-state index in [1.165, 1.54) is 11.0 Å². The van der Waals surface area contributed by atoms with E-state index in [0.29, 0.717) is 13.2 Å². The van der Waals surface area contributed by atoms with Gasteiger partial charge in [-0.15, -0.1) is 0 Å². The van der Waals surface area contributed by atoms with Gasteiger partial charge in [0, 0.05) is 20.2 Å². The summed E-state index contributed by atoms with van der Waals surface area (Å²) in [5, 5.41) is 18.7. The van der Waals surface area contributed by atoms with Gasteiger partial charge in [-0.1, -0.05) is 11.6 Å². The van der Waals surface area contributed by atoms with E-state index in [1.54, 1.807) is 19.2 Å². The molecule has 0 bridgehead atoms. The number of phenolic OH excluding ortho intramolecular Hbond substituents is 1. The van der Waals surface area contributed by atoms with Crippen LogP contribution in [0.1, 0.15) is 15.9 Å². The van der Waals surface area contributed by atoms with Gasteiger partial charge in [0.05, 0.1) is 18.8 Å². The SMILES string of the molecule is COCCN(CCO)C(=O)c1cc(C)ccc1O. The Balaban J connectivity index is 2.90. The van der Waals surface area contributed by atoms with Gasteiger partial charge < -0.3 is 19.8 Å². The summed E-state index contributed by atoms with van der Waals surface area (Å²) < 4.78 is 4.92. The van der Waals surface area contributed by atoms with E-state index in [1.807, 2.05) is 6.92 Å². The van der Waals surface area contributed by atoms with Gasteiger partial charge in [-0.05, 0) is 19.1 Å². The van der Waals surface area contributed by atoms with Gasteiger partial charge in [-0.25, -0.2) is 0 Å². The van der Waals surface area contributed by atoms with Gasteiger partial charge >= 0.3 is 0 Å². The first kappa shape index (κ1) is 14.5. The second-order valence-corrected chi connectivity index (χ2v) is 4.03. The Morgan fingerprint density at radius 2 is 2.11 bits per heavy atom. The number of aryl methyl sites for hydroxylation is 1. The largest absolute Gasteiger partial charge is 0.507 e. The standard InChI is InChI=1S/C13H19NO4/c1-10-3-4-12(16)11(9-10)13(17)14(5-7-15)6-8-18-2/h3-4,9,15-16H,5-8H2,1-2H3. The van der Waals surface area contributed by atoms with E-state index < -0.39 is 0 Å². The molecule has 0 atom stereocenters. The van der Waals surface area contributed by atoms with E-state index >= 15 is 0 Å². The number of amides is 1. The molecule has 0 heterocycles. The first-order chi connectivity index (χ1) is 8.60. The highest BCUT2D eigenvalue weighted by molar-refractivity contribution is 5.97. The average Bonchev–Trinajstić information content (AvgIpc) is 2.36. The molecule has 2 N–H and O–H groups in total. The highest BCUT2D eigenvalue weighted by atomic mass is 16.5. The Hall–Kier alpha value is -1.59. The Morgan fingerprint density at radius 1 is 1.39 bits per heavy atom. The molecule has 1 aromatic carbocycles. The lowest BCUT2D eigenvalue weighted by atomic mass is 10.1.